The van der Waals surface area contributed by atoms with Gasteiger partial charge in [0.05, 0.1) is 13.2 Å². The van der Waals surface area contributed by atoms with Crippen LogP contribution >= 0.6 is 15.9 Å². The van der Waals surface area contributed by atoms with Gasteiger partial charge in [-0.2, -0.15) is 0 Å². The lowest BCUT2D eigenvalue weighted by atomic mass is 10.2. The number of nitrogens with zero attached hydrogens (tertiary/aromatic N) is 3. The van der Waals surface area contributed by atoms with E-state index < -0.39 is 0 Å². The zero-order valence-electron chi connectivity index (χ0n) is 26.3. The molecule has 0 radical (unpaired) electrons. The van der Waals surface area contributed by atoms with E-state index in [1.54, 1.807) is 12.4 Å². The summed E-state index contributed by atoms with van der Waals surface area (Å²) in [4.78, 5) is 32.5. The van der Waals surface area contributed by atoms with Gasteiger partial charge in [-0.25, -0.2) is 0 Å². The van der Waals surface area contributed by atoms with Crippen molar-refractivity contribution < 1.29 is 19.1 Å². The summed E-state index contributed by atoms with van der Waals surface area (Å²) in [5, 5.41) is 4.19. The molecule has 0 bridgehead atoms. The first-order valence-electron chi connectivity index (χ1n) is 15.3. The number of hydrogen-bond acceptors (Lipinski definition) is 8. The predicted octanol–water partition coefficient (Wildman–Crippen LogP) is 8.49. The molecule has 0 spiro atoms. The Morgan fingerprint density at radius 3 is 1.80 bits per heavy atom. The van der Waals surface area contributed by atoms with E-state index in [0.29, 0.717) is 26.1 Å². The van der Waals surface area contributed by atoms with Gasteiger partial charge in [0.25, 0.3) is 0 Å². The van der Waals surface area contributed by atoms with Crippen LogP contribution in [0, 0.1) is 0 Å². The number of hydrogen-bond donors (Lipinski definition) is 1. The van der Waals surface area contributed by atoms with Gasteiger partial charge in [-0.1, -0.05) is 71.9 Å². The highest BCUT2D eigenvalue weighted by molar-refractivity contribution is 9.09. The summed E-state index contributed by atoms with van der Waals surface area (Å²) in [5.41, 5.74) is 4.63. The maximum absolute atomic E-state index is 11.5. The summed E-state index contributed by atoms with van der Waals surface area (Å²) >= 11 is 3.22. The van der Waals surface area contributed by atoms with Crippen LogP contribution in [-0.4, -0.2) is 47.0 Å². The van der Waals surface area contributed by atoms with Crippen molar-refractivity contribution in [1.82, 2.24) is 9.97 Å². The van der Waals surface area contributed by atoms with Crippen molar-refractivity contribution >= 4 is 39.2 Å². The number of aromatic nitrogens is 2. The van der Waals surface area contributed by atoms with Gasteiger partial charge in [0.2, 0.25) is 0 Å². The smallest absolute Gasteiger partial charge is 0.305 e. The first-order valence-corrected chi connectivity index (χ1v) is 16.4. The molecular formula is C37H49BrN4O4. The minimum atomic E-state index is -0.128. The van der Waals surface area contributed by atoms with Gasteiger partial charge < -0.3 is 19.7 Å². The van der Waals surface area contributed by atoms with Crippen molar-refractivity contribution in [3.63, 3.8) is 0 Å². The number of ether oxygens (including phenoxy) is 2. The maximum atomic E-state index is 11.5. The van der Waals surface area contributed by atoms with Crippen LogP contribution in [-0.2, 0) is 32.2 Å². The standard InChI is InChI=1S/C18H22N2O2.C12H12N2.C6H11BrO2.CH4/c1-2-22-18(21)11-7-13-20(17-9-4-3-5-10-17)15-16-8-6-12-19-14-16;1-2-6-12(7-3-1)14-10-11-5-4-8-13-9-11;1-2-9-6(8)4-3-5-7;/h3-6,8-10,12,14H,2,7,11,13,15H2,1H3;1-9,14H,10H2;2-5H2,1H3;1H4. The molecule has 0 atom stereocenters. The van der Waals surface area contributed by atoms with Crippen LogP contribution in [0.5, 0.6) is 0 Å². The molecule has 4 aromatic rings. The molecule has 248 valence electrons. The normalized spacial score (nSPS) is 9.63. The fourth-order valence-electron chi connectivity index (χ4n) is 4.00. The average Bonchev–Trinajstić information content (AvgIpc) is 3.09. The highest BCUT2D eigenvalue weighted by Crippen LogP contribution is 2.17. The number of carbonyl (C=O) groups excluding carboxylic acids is 2. The lowest BCUT2D eigenvalue weighted by Gasteiger charge is -2.24. The van der Waals surface area contributed by atoms with E-state index in [4.69, 9.17) is 4.74 Å². The SMILES string of the molecule is C.CCOC(=O)CCCBr.CCOC(=O)CCCN(Cc1cccnc1)c1ccccc1.c1ccc(NCc2cccnc2)cc1. The molecule has 0 saturated heterocycles. The van der Waals surface area contributed by atoms with Gasteiger partial charge >= 0.3 is 11.9 Å². The summed E-state index contributed by atoms with van der Waals surface area (Å²) in [6.45, 7) is 6.97. The molecular weight excluding hydrogens is 644 g/mol. The van der Waals surface area contributed by atoms with E-state index in [-0.39, 0.29) is 19.4 Å². The number of pyridine rings is 2. The molecule has 1 N–H and O–H groups in total. The first-order chi connectivity index (χ1) is 22.0. The van der Waals surface area contributed by atoms with Crippen molar-refractivity contribution in [3.8, 4) is 0 Å². The number of anilines is 2. The second-order valence-electron chi connectivity index (χ2n) is 9.71. The summed E-state index contributed by atoms with van der Waals surface area (Å²) in [5.74, 6) is -0.228. The molecule has 0 amide bonds. The highest BCUT2D eigenvalue weighted by Gasteiger charge is 2.09. The number of benzene rings is 2. The van der Waals surface area contributed by atoms with Gasteiger partial charge in [0.15, 0.2) is 0 Å². The lowest BCUT2D eigenvalue weighted by Crippen LogP contribution is -2.24. The van der Waals surface area contributed by atoms with Gasteiger partial charge in [0, 0.05) is 74.0 Å². The third-order valence-electron chi connectivity index (χ3n) is 6.14. The third-order valence-corrected chi connectivity index (χ3v) is 6.71. The quantitative estimate of drug-likeness (QED) is 0.0979. The van der Waals surface area contributed by atoms with Gasteiger partial charge in [0.1, 0.15) is 0 Å². The first kappa shape index (κ1) is 39.8. The van der Waals surface area contributed by atoms with Crippen LogP contribution in [0.3, 0.4) is 0 Å². The molecule has 46 heavy (non-hydrogen) atoms. The fourth-order valence-corrected chi connectivity index (χ4v) is 4.29. The molecule has 0 saturated carbocycles. The summed E-state index contributed by atoms with van der Waals surface area (Å²) in [6, 6.07) is 28.4. The van der Waals surface area contributed by atoms with E-state index in [1.165, 1.54) is 5.56 Å². The molecule has 8 nitrogen and oxygen atoms in total. The van der Waals surface area contributed by atoms with Crippen molar-refractivity contribution in [3.05, 3.63) is 121 Å². The van der Waals surface area contributed by atoms with Crippen molar-refractivity contribution in [1.29, 1.82) is 0 Å². The topological polar surface area (TPSA) is 93.7 Å². The Balaban J connectivity index is 0.000000378. The van der Waals surface area contributed by atoms with Crippen LogP contribution in [0.2, 0.25) is 0 Å². The number of rotatable bonds is 15. The minimum absolute atomic E-state index is 0. The van der Waals surface area contributed by atoms with Gasteiger partial charge in [-0.15, -0.1) is 0 Å². The van der Waals surface area contributed by atoms with Gasteiger partial charge in [-0.05, 0) is 74.2 Å². The Bertz CT molecular complexity index is 1260. The molecule has 4 rings (SSSR count). The second kappa shape index (κ2) is 26.0. The summed E-state index contributed by atoms with van der Waals surface area (Å²) in [6.07, 6.45) is 9.91. The predicted molar refractivity (Wildman–Crippen MR) is 192 cm³/mol. The Kier molecular flexibility index (Phi) is 22.5. The molecule has 2 aromatic carbocycles. The number of nitrogens with one attached hydrogen (secondary N) is 1. The molecule has 0 unspecified atom stereocenters. The van der Waals surface area contributed by atoms with Crippen molar-refractivity contribution in [2.24, 2.45) is 0 Å². The number of para-hydroxylation sites is 2. The van der Waals surface area contributed by atoms with Crippen LogP contribution in [0.1, 0.15) is 58.1 Å². The summed E-state index contributed by atoms with van der Waals surface area (Å²) < 4.78 is 9.66. The Labute approximate surface area is 283 Å². The van der Waals surface area contributed by atoms with Crippen molar-refractivity contribution in [2.75, 3.05) is 35.3 Å². The molecule has 0 aliphatic rings. The number of carbonyl (C=O) groups is 2. The third kappa shape index (κ3) is 18.5. The average molecular weight is 694 g/mol. The van der Waals surface area contributed by atoms with Crippen molar-refractivity contribution in [2.45, 2.75) is 60.0 Å². The zero-order chi connectivity index (χ0) is 32.4. The number of halogens is 1. The largest absolute Gasteiger partial charge is 0.466 e. The monoisotopic (exact) mass is 692 g/mol. The fraction of sp³-hybridized carbons (Fsp3) is 0.351. The van der Waals surface area contributed by atoms with Crippen LogP contribution in [0.15, 0.2) is 110 Å². The molecule has 0 aliphatic heterocycles. The van der Waals surface area contributed by atoms with E-state index in [2.05, 4.69) is 77.2 Å². The van der Waals surface area contributed by atoms with Crippen LogP contribution < -0.4 is 10.2 Å². The molecule has 2 aromatic heterocycles. The Hall–Kier alpha value is -4.24. The van der Waals surface area contributed by atoms with Gasteiger partial charge in [-0.3, -0.25) is 19.6 Å². The molecule has 9 heteroatoms. The van der Waals surface area contributed by atoms with E-state index in [0.717, 1.165) is 54.7 Å². The zero-order valence-corrected chi connectivity index (χ0v) is 27.9. The Morgan fingerprint density at radius 2 is 1.28 bits per heavy atom. The number of esters is 2. The molecule has 0 aliphatic carbocycles. The molecule has 0 fully saturated rings. The van der Waals surface area contributed by atoms with E-state index >= 15 is 0 Å². The van der Waals surface area contributed by atoms with E-state index in [9.17, 15) is 9.59 Å². The van der Waals surface area contributed by atoms with Crippen LogP contribution in [0.25, 0.3) is 0 Å². The minimum Gasteiger partial charge on any atom is -0.466 e. The lowest BCUT2D eigenvalue weighted by molar-refractivity contribution is -0.144. The second-order valence-corrected chi connectivity index (χ2v) is 10.5. The van der Waals surface area contributed by atoms with E-state index in [1.807, 2.05) is 74.8 Å². The summed E-state index contributed by atoms with van der Waals surface area (Å²) in [7, 11) is 0. The van der Waals surface area contributed by atoms with Crippen LogP contribution in [0.4, 0.5) is 11.4 Å². The highest BCUT2D eigenvalue weighted by atomic mass is 79.9. The molecule has 2 heterocycles. The number of alkyl halides is 1. The maximum Gasteiger partial charge on any atom is 0.305 e. The Morgan fingerprint density at radius 1 is 0.739 bits per heavy atom.